The van der Waals surface area contributed by atoms with Crippen LogP contribution in [0, 0.1) is 0 Å². The third-order valence-electron chi connectivity index (χ3n) is 8.19. The van der Waals surface area contributed by atoms with Crippen molar-refractivity contribution < 1.29 is 9.90 Å². The second kappa shape index (κ2) is 8.46. The molecule has 1 fully saturated rings. The summed E-state index contributed by atoms with van der Waals surface area (Å²) in [5, 5.41) is 14.8. The van der Waals surface area contributed by atoms with Gasteiger partial charge in [-0.05, 0) is 48.4 Å². The minimum atomic E-state index is -0.852. The van der Waals surface area contributed by atoms with E-state index >= 15 is 0 Å². The first-order valence-electron chi connectivity index (χ1n) is 13.1. The van der Waals surface area contributed by atoms with Crippen LogP contribution in [0.4, 0.5) is 5.69 Å². The van der Waals surface area contributed by atoms with Gasteiger partial charge >= 0.3 is 5.97 Å². The van der Waals surface area contributed by atoms with Gasteiger partial charge in [0.25, 0.3) is 0 Å². The van der Waals surface area contributed by atoms with Crippen LogP contribution in [0.3, 0.4) is 0 Å². The molecular weight excluding hydrogens is 422 g/mol. The van der Waals surface area contributed by atoms with E-state index in [1.165, 1.54) is 65.6 Å². The molecule has 6 rings (SSSR count). The Kier molecular flexibility index (Phi) is 5.40. The number of hydrogen-bond donors (Lipinski definition) is 2. The highest BCUT2D eigenvalue weighted by atomic mass is 16.4. The molecule has 1 unspecified atom stereocenters. The van der Waals surface area contributed by atoms with Crippen LogP contribution in [0.1, 0.15) is 85.8 Å². The standard InChI is InChI=1S/C29H35N3O2/c1-18(2)30-24-13-14-31-15-16-32-25-17-20(29(33)34)11-12-22(25)26(19-7-4-3-5-8-19)28(32)23-10-6-9-21(24)27(23)31/h6,9-12,17-19,24,30H,3-5,7-8,13-16H2,1-2H3,(H,33,34). The van der Waals surface area contributed by atoms with Gasteiger partial charge in [-0.15, -0.1) is 0 Å². The Morgan fingerprint density at radius 2 is 1.85 bits per heavy atom. The van der Waals surface area contributed by atoms with E-state index in [4.69, 9.17) is 0 Å². The van der Waals surface area contributed by atoms with Crippen molar-refractivity contribution in [1.82, 2.24) is 9.88 Å². The molecule has 0 saturated heterocycles. The van der Waals surface area contributed by atoms with Crippen LogP contribution in [0.15, 0.2) is 36.4 Å². The SMILES string of the molecule is CC(C)NC1CCN2CCn3c(c(C4CCCCC4)c4ccc(C(=O)O)cc43)-c3cccc1c32. The van der Waals surface area contributed by atoms with Gasteiger partial charge in [0.05, 0.1) is 16.9 Å². The summed E-state index contributed by atoms with van der Waals surface area (Å²) >= 11 is 0. The molecule has 3 heterocycles. The number of fused-ring (bicyclic) bond motifs is 4. The first kappa shape index (κ1) is 21.7. The van der Waals surface area contributed by atoms with E-state index in [1.807, 2.05) is 6.07 Å². The monoisotopic (exact) mass is 457 g/mol. The number of aromatic carboxylic acids is 1. The molecule has 178 valence electrons. The molecule has 3 aromatic rings. The number of carbonyl (C=O) groups is 1. The lowest BCUT2D eigenvalue weighted by molar-refractivity contribution is 0.0697. The predicted octanol–water partition coefficient (Wildman–Crippen LogP) is 6.32. The molecule has 2 aromatic carbocycles. The number of hydrogen-bond acceptors (Lipinski definition) is 3. The molecule has 1 aliphatic carbocycles. The maximum atomic E-state index is 11.8. The van der Waals surface area contributed by atoms with Gasteiger partial charge in [-0.3, -0.25) is 0 Å². The first-order valence-corrected chi connectivity index (χ1v) is 13.1. The lowest BCUT2D eigenvalue weighted by Crippen LogP contribution is -2.39. The fraction of sp³-hybridized carbons (Fsp3) is 0.483. The third-order valence-corrected chi connectivity index (χ3v) is 8.19. The summed E-state index contributed by atoms with van der Waals surface area (Å²) < 4.78 is 2.45. The molecule has 5 nitrogen and oxygen atoms in total. The smallest absolute Gasteiger partial charge is 0.335 e. The van der Waals surface area contributed by atoms with E-state index < -0.39 is 5.97 Å². The van der Waals surface area contributed by atoms with Crippen molar-refractivity contribution >= 4 is 22.6 Å². The molecule has 0 amide bonds. The maximum Gasteiger partial charge on any atom is 0.335 e. The van der Waals surface area contributed by atoms with Crippen LogP contribution in [0.2, 0.25) is 0 Å². The van der Waals surface area contributed by atoms with E-state index in [-0.39, 0.29) is 0 Å². The van der Waals surface area contributed by atoms with Gasteiger partial charge in [-0.2, -0.15) is 0 Å². The predicted molar refractivity (Wildman–Crippen MR) is 138 cm³/mol. The number of rotatable bonds is 4. The van der Waals surface area contributed by atoms with Crippen LogP contribution in [0.5, 0.6) is 0 Å². The Balaban J connectivity index is 1.62. The molecule has 2 N–H and O–H groups in total. The minimum Gasteiger partial charge on any atom is -0.478 e. The van der Waals surface area contributed by atoms with E-state index in [2.05, 4.69) is 52.9 Å². The van der Waals surface area contributed by atoms with Gasteiger partial charge in [-0.25, -0.2) is 4.79 Å². The van der Waals surface area contributed by atoms with Crippen molar-refractivity contribution in [3.8, 4) is 11.3 Å². The number of para-hydroxylation sites is 1. The van der Waals surface area contributed by atoms with Crippen molar-refractivity contribution in [3.63, 3.8) is 0 Å². The van der Waals surface area contributed by atoms with E-state index in [0.29, 0.717) is 23.6 Å². The molecule has 1 saturated carbocycles. The van der Waals surface area contributed by atoms with Gasteiger partial charge in [0.1, 0.15) is 0 Å². The average Bonchev–Trinajstić information content (AvgIpc) is 3.07. The fourth-order valence-corrected chi connectivity index (χ4v) is 6.80. The van der Waals surface area contributed by atoms with Crippen molar-refractivity contribution in [1.29, 1.82) is 0 Å². The highest BCUT2D eigenvalue weighted by Gasteiger charge is 2.34. The topological polar surface area (TPSA) is 57.5 Å². The summed E-state index contributed by atoms with van der Waals surface area (Å²) in [4.78, 5) is 14.4. The average molecular weight is 458 g/mol. The Hall–Kier alpha value is -2.79. The van der Waals surface area contributed by atoms with Crippen LogP contribution in [0.25, 0.3) is 22.2 Å². The molecule has 0 spiro atoms. The Morgan fingerprint density at radius 3 is 2.62 bits per heavy atom. The number of carboxylic acid groups (broad SMARTS) is 1. The lowest BCUT2D eigenvalue weighted by Gasteiger charge is -2.37. The zero-order valence-corrected chi connectivity index (χ0v) is 20.3. The van der Waals surface area contributed by atoms with Crippen LogP contribution in [-0.4, -0.2) is 34.8 Å². The number of aromatic nitrogens is 1. The second-order valence-corrected chi connectivity index (χ2v) is 10.7. The summed E-state index contributed by atoms with van der Waals surface area (Å²) in [6.07, 6.45) is 7.45. The lowest BCUT2D eigenvalue weighted by atomic mass is 9.81. The number of carboxylic acids is 1. The minimum absolute atomic E-state index is 0.374. The van der Waals surface area contributed by atoms with E-state index in [1.54, 1.807) is 6.07 Å². The normalized spacial score (nSPS) is 20.3. The zero-order valence-electron chi connectivity index (χ0n) is 20.3. The number of anilines is 1. The Labute approximate surface area is 201 Å². The van der Waals surface area contributed by atoms with Gasteiger partial charge in [0.15, 0.2) is 0 Å². The molecule has 5 heteroatoms. The summed E-state index contributed by atoms with van der Waals surface area (Å²) in [5.74, 6) is -0.311. The van der Waals surface area contributed by atoms with Crippen molar-refractivity contribution in [3.05, 3.63) is 53.1 Å². The highest BCUT2D eigenvalue weighted by Crippen LogP contribution is 2.50. The molecule has 2 aliphatic heterocycles. The highest BCUT2D eigenvalue weighted by molar-refractivity contribution is 6.00. The zero-order chi connectivity index (χ0) is 23.4. The molecule has 3 aliphatic rings. The fourth-order valence-electron chi connectivity index (χ4n) is 6.80. The number of benzene rings is 2. The molecule has 0 bridgehead atoms. The van der Waals surface area contributed by atoms with E-state index in [9.17, 15) is 9.90 Å². The largest absolute Gasteiger partial charge is 0.478 e. The number of nitrogens with zero attached hydrogens (tertiary/aromatic N) is 2. The summed E-state index contributed by atoms with van der Waals surface area (Å²) in [5.41, 5.74) is 8.41. The molecule has 0 radical (unpaired) electrons. The molecule has 1 atom stereocenters. The van der Waals surface area contributed by atoms with Crippen LogP contribution in [-0.2, 0) is 6.54 Å². The Bertz CT molecular complexity index is 1250. The quantitative estimate of drug-likeness (QED) is 0.481. The first-order chi connectivity index (χ1) is 16.5. The van der Waals surface area contributed by atoms with Gasteiger partial charge < -0.3 is 19.9 Å². The maximum absolute atomic E-state index is 11.8. The van der Waals surface area contributed by atoms with E-state index in [0.717, 1.165) is 31.6 Å². The molecule has 34 heavy (non-hydrogen) atoms. The summed E-state index contributed by atoms with van der Waals surface area (Å²) in [6.45, 7) is 7.35. The third kappa shape index (κ3) is 3.44. The van der Waals surface area contributed by atoms with Gasteiger partial charge in [0.2, 0.25) is 0 Å². The Morgan fingerprint density at radius 1 is 1.03 bits per heavy atom. The van der Waals surface area contributed by atoms with Crippen molar-refractivity contribution in [2.24, 2.45) is 0 Å². The second-order valence-electron chi connectivity index (χ2n) is 10.7. The van der Waals surface area contributed by atoms with Crippen molar-refractivity contribution in [2.75, 3.05) is 18.0 Å². The van der Waals surface area contributed by atoms with Gasteiger partial charge in [0, 0.05) is 48.2 Å². The molecule has 1 aromatic heterocycles. The van der Waals surface area contributed by atoms with Crippen molar-refractivity contribution in [2.45, 2.75) is 76.9 Å². The summed E-state index contributed by atoms with van der Waals surface area (Å²) in [7, 11) is 0. The number of nitrogens with one attached hydrogen (secondary N) is 1. The van der Waals surface area contributed by atoms with Gasteiger partial charge in [-0.1, -0.05) is 57.4 Å². The van der Waals surface area contributed by atoms with Crippen LogP contribution >= 0.6 is 0 Å². The molecular formula is C29H35N3O2. The summed E-state index contributed by atoms with van der Waals surface area (Å²) in [6, 6.07) is 13.5. The van der Waals surface area contributed by atoms with Crippen LogP contribution < -0.4 is 10.2 Å².